The Kier molecular flexibility index (Phi) is 1.35. The quantitative estimate of drug-likeness (QED) is 0.613. The van der Waals surface area contributed by atoms with Crippen LogP contribution < -0.4 is 5.73 Å². The second-order valence-electron chi connectivity index (χ2n) is 3.88. The number of allylic oxidation sites excluding steroid dienone is 2. The second kappa shape index (κ2) is 2.44. The Bertz CT molecular complexity index is 389. The second-order valence-corrected chi connectivity index (χ2v) is 3.88. The Morgan fingerprint density at radius 1 is 1.29 bits per heavy atom. The van der Waals surface area contributed by atoms with Gasteiger partial charge < -0.3 is 15.5 Å². The maximum absolute atomic E-state index is 5.85. The summed E-state index contributed by atoms with van der Waals surface area (Å²) in [7, 11) is 2.00. The zero-order valence-corrected chi connectivity index (χ0v) is 8.09. The van der Waals surface area contributed by atoms with Gasteiger partial charge in [0, 0.05) is 19.2 Å². The monoisotopic (exact) mass is 187 g/mol. The molecule has 3 nitrogen and oxygen atoms in total. The first-order valence-electron chi connectivity index (χ1n) is 4.83. The highest BCUT2D eigenvalue weighted by Gasteiger charge is 2.36. The van der Waals surface area contributed by atoms with Crippen molar-refractivity contribution in [2.75, 3.05) is 7.05 Å². The van der Waals surface area contributed by atoms with Crippen LogP contribution in [0, 0.1) is 5.92 Å². The molecule has 0 radical (unpaired) electrons. The Hall–Kier alpha value is -1.64. The Balaban J connectivity index is 2.01. The summed E-state index contributed by atoms with van der Waals surface area (Å²) in [6, 6.07) is 0.429. The third kappa shape index (κ3) is 0.816. The molecule has 2 heterocycles. The van der Waals surface area contributed by atoms with Crippen molar-refractivity contribution in [2.45, 2.75) is 6.04 Å². The van der Waals surface area contributed by atoms with Crippen LogP contribution in [-0.4, -0.2) is 22.9 Å². The summed E-state index contributed by atoms with van der Waals surface area (Å²) in [5.41, 5.74) is 5.85. The molecule has 0 aromatic heterocycles. The van der Waals surface area contributed by atoms with Crippen LogP contribution >= 0.6 is 0 Å². The lowest BCUT2D eigenvalue weighted by Crippen LogP contribution is -2.28. The van der Waals surface area contributed by atoms with Gasteiger partial charge in [0.15, 0.2) is 0 Å². The minimum atomic E-state index is 0.429. The number of fused-ring (bicyclic) bond motifs is 3. The third-order valence-corrected chi connectivity index (χ3v) is 3.08. The molecule has 3 heteroatoms. The van der Waals surface area contributed by atoms with Crippen molar-refractivity contribution in [1.29, 1.82) is 0 Å². The van der Waals surface area contributed by atoms with E-state index < -0.39 is 0 Å². The van der Waals surface area contributed by atoms with E-state index in [1.54, 1.807) is 0 Å². The lowest BCUT2D eigenvalue weighted by Gasteiger charge is -2.24. The lowest BCUT2D eigenvalue weighted by molar-refractivity contribution is 0.355. The molecule has 3 rings (SSSR count). The molecule has 2 unspecified atom stereocenters. The maximum Gasteiger partial charge on any atom is 0.121 e. The molecular formula is C11H13N3. The highest BCUT2D eigenvalue weighted by atomic mass is 15.4. The molecule has 1 aliphatic carbocycles. The molecule has 0 saturated heterocycles. The van der Waals surface area contributed by atoms with Crippen LogP contribution in [-0.2, 0) is 0 Å². The summed E-state index contributed by atoms with van der Waals surface area (Å²) in [4.78, 5) is 4.26. The molecule has 14 heavy (non-hydrogen) atoms. The van der Waals surface area contributed by atoms with Crippen molar-refractivity contribution in [2.24, 2.45) is 11.7 Å². The van der Waals surface area contributed by atoms with E-state index in [1.807, 2.05) is 18.1 Å². The summed E-state index contributed by atoms with van der Waals surface area (Å²) in [5, 5.41) is 0. The van der Waals surface area contributed by atoms with Gasteiger partial charge in [-0.3, -0.25) is 0 Å². The van der Waals surface area contributed by atoms with Gasteiger partial charge in [-0.05, 0) is 6.08 Å². The molecule has 2 aliphatic heterocycles. The highest BCUT2D eigenvalue weighted by molar-refractivity contribution is 5.35. The SMILES string of the molecule is CN1C(N)=CN2C1=CC1C=CC=CC12. The van der Waals surface area contributed by atoms with Crippen LogP contribution in [0.5, 0.6) is 0 Å². The fraction of sp³-hybridized carbons (Fsp3) is 0.273. The zero-order valence-electron chi connectivity index (χ0n) is 8.09. The predicted molar refractivity (Wildman–Crippen MR) is 55.5 cm³/mol. The molecule has 2 N–H and O–H groups in total. The van der Waals surface area contributed by atoms with Crippen LogP contribution in [0.25, 0.3) is 0 Å². The van der Waals surface area contributed by atoms with E-state index in [4.69, 9.17) is 5.73 Å². The van der Waals surface area contributed by atoms with E-state index in [0.29, 0.717) is 12.0 Å². The van der Waals surface area contributed by atoms with Crippen LogP contribution in [0.3, 0.4) is 0 Å². The zero-order chi connectivity index (χ0) is 9.71. The Morgan fingerprint density at radius 3 is 2.93 bits per heavy atom. The topological polar surface area (TPSA) is 32.5 Å². The maximum atomic E-state index is 5.85. The van der Waals surface area contributed by atoms with E-state index in [9.17, 15) is 0 Å². The molecule has 0 aromatic carbocycles. The normalized spacial score (nSPS) is 32.9. The first-order valence-corrected chi connectivity index (χ1v) is 4.83. The Labute approximate surface area is 83.5 Å². The van der Waals surface area contributed by atoms with Gasteiger partial charge >= 0.3 is 0 Å². The van der Waals surface area contributed by atoms with Crippen molar-refractivity contribution in [3.05, 3.63) is 48.2 Å². The predicted octanol–water partition coefficient (Wildman–Crippen LogP) is 0.957. The molecule has 0 saturated carbocycles. The molecule has 72 valence electrons. The van der Waals surface area contributed by atoms with Crippen molar-refractivity contribution in [1.82, 2.24) is 9.80 Å². The fourth-order valence-electron chi connectivity index (χ4n) is 2.25. The van der Waals surface area contributed by atoms with Gasteiger partial charge in [-0.1, -0.05) is 24.3 Å². The number of nitrogens with zero attached hydrogens (tertiary/aromatic N) is 2. The van der Waals surface area contributed by atoms with Gasteiger partial charge in [-0.2, -0.15) is 0 Å². The van der Waals surface area contributed by atoms with Gasteiger partial charge in [0.1, 0.15) is 11.6 Å². The standard InChI is InChI=1S/C11H13N3/c1-13-10(12)7-14-9-5-3-2-4-8(9)6-11(13)14/h2-9H,12H2,1H3. The lowest BCUT2D eigenvalue weighted by atomic mass is 9.97. The van der Waals surface area contributed by atoms with Crippen molar-refractivity contribution < 1.29 is 0 Å². The summed E-state index contributed by atoms with van der Waals surface area (Å²) >= 11 is 0. The van der Waals surface area contributed by atoms with Crippen LogP contribution in [0.4, 0.5) is 0 Å². The molecule has 3 aliphatic rings. The smallest absolute Gasteiger partial charge is 0.121 e. The summed E-state index contributed by atoms with van der Waals surface area (Å²) in [6.45, 7) is 0. The van der Waals surface area contributed by atoms with Crippen molar-refractivity contribution in [3.8, 4) is 0 Å². The van der Waals surface area contributed by atoms with Crippen molar-refractivity contribution >= 4 is 0 Å². The van der Waals surface area contributed by atoms with E-state index in [0.717, 1.165) is 5.82 Å². The molecule has 0 amide bonds. The van der Waals surface area contributed by atoms with E-state index in [1.165, 1.54) is 5.82 Å². The summed E-state index contributed by atoms with van der Waals surface area (Å²) in [5.74, 6) is 2.52. The number of rotatable bonds is 0. The largest absolute Gasteiger partial charge is 0.384 e. The molecule has 0 aromatic rings. The van der Waals surface area contributed by atoms with Gasteiger partial charge in [0.25, 0.3) is 0 Å². The average Bonchev–Trinajstić information content (AvgIpc) is 2.67. The summed E-state index contributed by atoms with van der Waals surface area (Å²) < 4.78 is 0. The first kappa shape index (κ1) is 7.74. The molecule has 0 spiro atoms. The van der Waals surface area contributed by atoms with Crippen LogP contribution in [0.2, 0.25) is 0 Å². The molecule has 0 bridgehead atoms. The highest BCUT2D eigenvalue weighted by Crippen LogP contribution is 2.37. The molecular weight excluding hydrogens is 174 g/mol. The first-order chi connectivity index (χ1) is 6.77. The average molecular weight is 187 g/mol. The number of hydrogen-bond acceptors (Lipinski definition) is 3. The van der Waals surface area contributed by atoms with E-state index in [2.05, 4.69) is 35.3 Å². The minimum Gasteiger partial charge on any atom is -0.384 e. The third-order valence-electron chi connectivity index (χ3n) is 3.08. The van der Waals surface area contributed by atoms with Gasteiger partial charge in [0.2, 0.25) is 0 Å². The molecule has 2 atom stereocenters. The van der Waals surface area contributed by atoms with Crippen LogP contribution in [0.15, 0.2) is 48.2 Å². The number of hydrogen-bond donors (Lipinski definition) is 1. The summed E-state index contributed by atoms with van der Waals surface area (Å²) in [6.07, 6.45) is 12.9. The number of nitrogens with two attached hydrogens (primary N) is 1. The van der Waals surface area contributed by atoms with Crippen molar-refractivity contribution in [3.63, 3.8) is 0 Å². The van der Waals surface area contributed by atoms with Gasteiger partial charge in [-0.15, -0.1) is 0 Å². The van der Waals surface area contributed by atoms with Gasteiger partial charge in [0.05, 0.1) is 6.04 Å². The van der Waals surface area contributed by atoms with Crippen LogP contribution in [0.1, 0.15) is 0 Å². The van der Waals surface area contributed by atoms with E-state index >= 15 is 0 Å². The minimum absolute atomic E-state index is 0.429. The molecule has 0 fully saturated rings. The Morgan fingerprint density at radius 2 is 2.07 bits per heavy atom. The van der Waals surface area contributed by atoms with Gasteiger partial charge in [-0.25, -0.2) is 0 Å². The fourth-order valence-corrected chi connectivity index (χ4v) is 2.25. The van der Waals surface area contributed by atoms with E-state index in [-0.39, 0.29) is 0 Å².